The fraction of sp³-hybridized carbons (Fsp3) is 0.667. The van der Waals surface area contributed by atoms with Crippen LogP contribution in [0.3, 0.4) is 0 Å². The van der Waals surface area contributed by atoms with Gasteiger partial charge < -0.3 is 5.32 Å². The van der Waals surface area contributed by atoms with Crippen molar-refractivity contribution in [2.24, 2.45) is 11.8 Å². The molecule has 0 aliphatic heterocycles. The van der Waals surface area contributed by atoms with Crippen molar-refractivity contribution in [3.05, 3.63) is 35.1 Å². The van der Waals surface area contributed by atoms with E-state index >= 15 is 0 Å². The molecule has 2 heteroatoms. The van der Waals surface area contributed by atoms with Crippen molar-refractivity contribution in [2.45, 2.75) is 57.9 Å². The van der Waals surface area contributed by atoms with Gasteiger partial charge in [0.05, 0.1) is 0 Å². The van der Waals surface area contributed by atoms with Crippen LogP contribution in [-0.2, 0) is 6.42 Å². The average molecular weight is 275 g/mol. The molecule has 1 aromatic rings. The largest absolute Gasteiger partial charge is 0.314 e. The Morgan fingerprint density at radius 1 is 1.10 bits per heavy atom. The quantitative estimate of drug-likeness (QED) is 0.847. The molecule has 2 saturated carbocycles. The van der Waals surface area contributed by atoms with Crippen LogP contribution in [-0.4, -0.2) is 12.6 Å². The molecule has 0 aromatic heterocycles. The first kappa shape index (κ1) is 14.1. The van der Waals surface area contributed by atoms with Crippen LogP contribution < -0.4 is 5.32 Å². The molecule has 2 aliphatic carbocycles. The van der Waals surface area contributed by atoms with Gasteiger partial charge in [0.15, 0.2) is 0 Å². The Hall–Kier alpha value is -0.890. The molecule has 0 amide bonds. The van der Waals surface area contributed by atoms with Crippen LogP contribution in [0.25, 0.3) is 0 Å². The summed E-state index contributed by atoms with van der Waals surface area (Å²) in [6.07, 6.45) is 9.15. The van der Waals surface area contributed by atoms with E-state index in [1.165, 1.54) is 56.2 Å². The third-order valence-electron chi connectivity index (χ3n) is 5.11. The minimum absolute atomic E-state index is 0.0888. The second-order valence-corrected chi connectivity index (χ2v) is 6.76. The lowest BCUT2D eigenvalue weighted by atomic mass is 9.75. The fourth-order valence-electron chi connectivity index (χ4n) is 3.57. The molecule has 2 atom stereocenters. The van der Waals surface area contributed by atoms with Gasteiger partial charge in [-0.05, 0) is 80.7 Å². The summed E-state index contributed by atoms with van der Waals surface area (Å²) in [6.45, 7) is 3.28. The fourth-order valence-corrected chi connectivity index (χ4v) is 3.57. The van der Waals surface area contributed by atoms with Gasteiger partial charge in [0.1, 0.15) is 5.82 Å². The maximum Gasteiger partial charge on any atom is 0.123 e. The Bertz CT molecular complexity index is 453. The molecule has 3 rings (SSSR count). The molecular weight excluding hydrogens is 249 g/mol. The number of rotatable bonds is 5. The first-order chi connectivity index (χ1) is 9.72. The number of aryl methyl sites for hydroxylation is 1. The lowest BCUT2D eigenvalue weighted by Crippen LogP contribution is -2.32. The molecule has 0 radical (unpaired) electrons. The highest BCUT2D eigenvalue weighted by atomic mass is 19.1. The van der Waals surface area contributed by atoms with Crippen molar-refractivity contribution in [3.8, 4) is 0 Å². The second-order valence-electron chi connectivity index (χ2n) is 6.76. The summed E-state index contributed by atoms with van der Waals surface area (Å²) in [5.74, 6) is 1.43. The summed E-state index contributed by atoms with van der Waals surface area (Å²) in [5, 5.41) is 3.69. The van der Waals surface area contributed by atoms with E-state index in [9.17, 15) is 4.39 Å². The summed E-state index contributed by atoms with van der Waals surface area (Å²) in [5.41, 5.74) is 2.46. The highest BCUT2D eigenvalue weighted by molar-refractivity contribution is 5.27. The Balaban J connectivity index is 1.64. The molecule has 1 N–H and O–H groups in total. The van der Waals surface area contributed by atoms with Gasteiger partial charge in [-0.1, -0.05) is 18.9 Å². The molecule has 110 valence electrons. The van der Waals surface area contributed by atoms with Crippen LogP contribution in [0, 0.1) is 24.6 Å². The van der Waals surface area contributed by atoms with E-state index in [1.807, 2.05) is 6.07 Å². The van der Waals surface area contributed by atoms with E-state index in [4.69, 9.17) is 0 Å². The molecule has 20 heavy (non-hydrogen) atoms. The van der Waals surface area contributed by atoms with Crippen LogP contribution >= 0.6 is 0 Å². The zero-order valence-corrected chi connectivity index (χ0v) is 12.5. The van der Waals surface area contributed by atoms with Gasteiger partial charge in [-0.3, -0.25) is 0 Å². The lowest BCUT2D eigenvalue weighted by Gasteiger charge is -2.32. The normalized spacial score (nSPS) is 26.7. The Kier molecular flexibility index (Phi) is 4.40. The third-order valence-corrected chi connectivity index (χ3v) is 5.11. The number of halogens is 1. The zero-order chi connectivity index (χ0) is 13.9. The summed E-state index contributed by atoms with van der Waals surface area (Å²) in [4.78, 5) is 0. The van der Waals surface area contributed by atoms with Crippen molar-refractivity contribution in [1.82, 2.24) is 5.32 Å². The van der Waals surface area contributed by atoms with E-state index in [-0.39, 0.29) is 5.82 Å². The Morgan fingerprint density at radius 3 is 2.60 bits per heavy atom. The smallest absolute Gasteiger partial charge is 0.123 e. The highest BCUT2D eigenvalue weighted by Crippen LogP contribution is 2.33. The highest BCUT2D eigenvalue weighted by Gasteiger charge is 2.28. The Labute approximate surface area is 122 Å². The lowest BCUT2D eigenvalue weighted by molar-refractivity contribution is 0.227. The summed E-state index contributed by atoms with van der Waals surface area (Å²) >= 11 is 0. The average Bonchev–Trinajstić information content (AvgIpc) is 3.26. The van der Waals surface area contributed by atoms with Crippen molar-refractivity contribution >= 4 is 0 Å². The van der Waals surface area contributed by atoms with E-state index in [0.717, 1.165) is 24.3 Å². The maximum absolute atomic E-state index is 13.4. The number of hydrogen-bond acceptors (Lipinski definition) is 1. The van der Waals surface area contributed by atoms with E-state index in [1.54, 1.807) is 12.1 Å². The van der Waals surface area contributed by atoms with Gasteiger partial charge in [-0.15, -0.1) is 0 Å². The van der Waals surface area contributed by atoms with Crippen LogP contribution in [0.5, 0.6) is 0 Å². The molecule has 1 aromatic carbocycles. The molecule has 0 bridgehead atoms. The van der Waals surface area contributed by atoms with E-state index < -0.39 is 0 Å². The topological polar surface area (TPSA) is 12.0 Å². The molecule has 2 aliphatic rings. The monoisotopic (exact) mass is 275 g/mol. The molecule has 2 unspecified atom stereocenters. The van der Waals surface area contributed by atoms with Gasteiger partial charge in [0.2, 0.25) is 0 Å². The van der Waals surface area contributed by atoms with Crippen molar-refractivity contribution in [1.29, 1.82) is 0 Å². The van der Waals surface area contributed by atoms with E-state index in [2.05, 4.69) is 12.2 Å². The number of benzene rings is 1. The third kappa shape index (κ3) is 3.60. The van der Waals surface area contributed by atoms with Crippen LogP contribution in [0.2, 0.25) is 0 Å². The summed E-state index contributed by atoms with van der Waals surface area (Å²) in [7, 11) is 0. The minimum Gasteiger partial charge on any atom is -0.314 e. The molecular formula is C18H26FN. The molecule has 0 heterocycles. The van der Waals surface area contributed by atoms with Crippen molar-refractivity contribution < 1.29 is 4.39 Å². The SMILES string of the molecule is Cc1ccc(F)cc1CC1CCCCC1CNC1CC1. The first-order valence-electron chi connectivity index (χ1n) is 8.21. The maximum atomic E-state index is 13.4. The van der Waals surface area contributed by atoms with Crippen LogP contribution in [0.15, 0.2) is 18.2 Å². The summed E-state index contributed by atoms with van der Waals surface area (Å²) < 4.78 is 13.4. The molecule has 0 spiro atoms. The summed E-state index contributed by atoms with van der Waals surface area (Å²) in [6, 6.07) is 6.04. The number of nitrogens with one attached hydrogen (secondary N) is 1. The van der Waals surface area contributed by atoms with Gasteiger partial charge >= 0.3 is 0 Å². The predicted octanol–water partition coefficient (Wildman–Crippen LogP) is 4.24. The van der Waals surface area contributed by atoms with E-state index in [0.29, 0.717) is 0 Å². The van der Waals surface area contributed by atoms with Crippen LogP contribution in [0.4, 0.5) is 4.39 Å². The zero-order valence-electron chi connectivity index (χ0n) is 12.5. The van der Waals surface area contributed by atoms with Crippen molar-refractivity contribution in [3.63, 3.8) is 0 Å². The Morgan fingerprint density at radius 2 is 1.85 bits per heavy atom. The number of hydrogen-bond donors (Lipinski definition) is 1. The predicted molar refractivity (Wildman–Crippen MR) is 81.3 cm³/mol. The van der Waals surface area contributed by atoms with Gasteiger partial charge in [-0.25, -0.2) is 4.39 Å². The standard InChI is InChI=1S/C18H26FN/c1-13-6-7-17(19)11-16(13)10-14-4-2-3-5-15(14)12-20-18-8-9-18/h6-7,11,14-15,18,20H,2-5,8-10,12H2,1H3. The molecule has 1 nitrogen and oxygen atoms in total. The minimum atomic E-state index is -0.0888. The van der Waals surface area contributed by atoms with Crippen LogP contribution in [0.1, 0.15) is 49.7 Å². The second kappa shape index (κ2) is 6.26. The van der Waals surface area contributed by atoms with Crippen molar-refractivity contribution in [2.75, 3.05) is 6.54 Å². The molecule has 2 fully saturated rings. The molecule has 0 saturated heterocycles. The van der Waals surface area contributed by atoms with Gasteiger partial charge in [-0.2, -0.15) is 0 Å². The first-order valence-corrected chi connectivity index (χ1v) is 8.21. The van der Waals surface area contributed by atoms with Gasteiger partial charge in [0, 0.05) is 6.04 Å². The van der Waals surface area contributed by atoms with Gasteiger partial charge in [0.25, 0.3) is 0 Å².